The lowest BCUT2D eigenvalue weighted by atomic mass is 10.1. The highest BCUT2D eigenvalue weighted by Gasteiger charge is 2.35. The van der Waals surface area contributed by atoms with Crippen molar-refractivity contribution in [3.05, 3.63) is 71.8 Å². The van der Waals surface area contributed by atoms with Gasteiger partial charge in [-0.3, -0.25) is 13.9 Å². The molecule has 0 spiro atoms. The Hall–Kier alpha value is -4.45. The summed E-state index contributed by atoms with van der Waals surface area (Å²) in [4.78, 5) is 29.0. The Morgan fingerprint density at radius 1 is 0.822 bits per heavy atom. The van der Waals surface area contributed by atoms with E-state index < -0.39 is 28.5 Å². The summed E-state index contributed by atoms with van der Waals surface area (Å²) in [6.45, 7) is 5.62. The average Bonchev–Trinajstić information content (AvgIpc) is 3.05. The number of anilines is 1. The van der Waals surface area contributed by atoms with Crippen LogP contribution in [0.2, 0.25) is 0 Å². The number of nitrogens with zero attached hydrogens (tertiary/aromatic N) is 2. The van der Waals surface area contributed by atoms with Crippen molar-refractivity contribution in [2.75, 3.05) is 45.8 Å². The molecule has 0 aliphatic heterocycles. The van der Waals surface area contributed by atoms with E-state index in [9.17, 15) is 18.0 Å². The van der Waals surface area contributed by atoms with Gasteiger partial charge in [-0.15, -0.1) is 0 Å². The van der Waals surface area contributed by atoms with Crippen molar-refractivity contribution in [3.63, 3.8) is 0 Å². The van der Waals surface area contributed by atoms with Crippen molar-refractivity contribution in [2.24, 2.45) is 0 Å². The molecule has 12 heteroatoms. The second-order valence-electron chi connectivity index (χ2n) is 10.3. The van der Waals surface area contributed by atoms with Gasteiger partial charge in [0.05, 0.1) is 39.0 Å². The Labute approximate surface area is 266 Å². The number of methoxy groups -OCH3 is 4. The van der Waals surface area contributed by atoms with Crippen LogP contribution in [-0.4, -0.2) is 72.7 Å². The third kappa shape index (κ3) is 8.39. The number of hydrogen-bond donors (Lipinski definition) is 1. The third-order valence-corrected chi connectivity index (χ3v) is 9.04. The summed E-state index contributed by atoms with van der Waals surface area (Å²) in [6.07, 6.45) is 1.04. The number of hydrogen-bond acceptors (Lipinski definition) is 8. The maximum Gasteiger partial charge on any atom is 0.265 e. The number of sulfonamides is 1. The van der Waals surface area contributed by atoms with Crippen molar-refractivity contribution in [3.8, 4) is 23.0 Å². The van der Waals surface area contributed by atoms with Crippen molar-refractivity contribution >= 4 is 27.5 Å². The van der Waals surface area contributed by atoms with E-state index >= 15 is 0 Å². The molecule has 0 fully saturated rings. The second kappa shape index (κ2) is 16.0. The van der Waals surface area contributed by atoms with Crippen LogP contribution < -0.4 is 28.6 Å². The fourth-order valence-corrected chi connectivity index (χ4v) is 6.22. The number of aryl methyl sites for hydroxylation is 1. The van der Waals surface area contributed by atoms with Crippen LogP contribution in [0.1, 0.15) is 37.8 Å². The number of amides is 2. The van der Waals surface area contributed by atoms with Crippen LogP contribution in [0.25, 0.3) is 0 Å². The Kier molecular flexibility index (Phi) is 12.5. The van der Waals surface area contributed by atoms with E-state index in [1.807, 2.05) is 45.0 Å². The van der Waals surface area contributed by atoms with Gasteiger partial charge in [0.1, 0.15) is 24.1 Å². The van der Waals surface area contributed by atoms with Crippen molar-refractivity contribution in [2.45, 2.75) is 51.1 Å². The molecule has 1 atom stereocenters. The summed E-state index contributed by atoms with van der Waals surface area (Å²) < 4.78 is 51.4. The SMILES string of the molecule is CCCNC(=O)[C@@H](CC)N(Cc1ccc(C)cc1)C(=O)CN(c1cc(OC)ccc1OC)S(=O)(=O)c1ccc(OC)c(OC)c1. The molecule has 0 aliphatic carbocycles. The lowest BCUT2D eigenvalue weighted by Gasteiger charge is -2.33. The van der Waals surface area contributed by atoms with Crippen LogP contribution in [-0.2, 0) is 26.2 Å². The predicted octanol–water partition coefficient (Wildman–Crippen LogP) is 4.56. The molecule has 2 amide bonds. The Bertz CT molecular complexity index is 1560. The molecule has 1 N–H and O–H groups in total. The van der Waals surface area contributed by atoms with E-state index in [0.29, 0.717) is 24.5 Å². The fraction of sp³-hybridized carbons (Fsp3) is 0.394. The summed E-state index contributed by atoms with van der Waals surface area (Å²) >= 11 is 0. The molecule has 0 aromatic heterocycles. The molecule has 45 heavy (non-hydrogen) atoms. The number of benzene rings is 3. The number of carbonyl (C=O) groups is 2. The zero-order chi connectivity index (χ0) is 33.1. The van der Waals surface area contributed by atoms with E-state index in [1.54, 1.807) is 12.1 Å². The maximum absolute atomic E-state index is 14.4. The zero-order valence-electron chi connectivity index (χ0n) is 27.0. The first-order valence-corrected chi connectivity index (χ1v) is 16.1. The van der Waals surface area contributed by atoms with Crippen LogP contribution in [0.15, 0.2) is 65.6 Å². The quantitative estimate of drug-likeness (QED) is 0.242. The van der Waals surface area contributed by atoms with Crippen LogP contribution in [0.4, 0.5) is 5.69 Å². The van der Waals surface area contributed by atoms with Gasteiger partial charge in [-0.05, 0) is 49.6 Å². The van der Waals surface area contributed by atoms with Gasteiger partial charge in [-0.2, -0.15) is 0 Å². The minimum Gasteiger partial charge on any atom is -0.497 e. The number of rotatable bonds is 16. The van der Waals surface area contributed by atoms with Gasteiger partial charge in [0.25, 0.3) is 10.0 Å². The summed E-state index contributed by atoms with van der Waals surface area (Å²) in [5, 5.41) is 2.88. The minimum atomic E-state index is -4.43. The lowest BCUT2D eigenvalue weighted by molar-refractivity contribution is -0.140. The van der Waals surface area contributed by atoms with Crippen LogP contribution in [0.5, 0.6) is 23.0 Å². The molecule has 0 aliphatic rings. The van der Waals surface area contributed by atoms with Gasteiger partial charge in [-0.1, -0.05) is 43.7 Å². The van der Waals surface area contributed by atoms with Crippen molar-refractivity contribution in [1.29, 1.82) is 0 Å². The first kappa shape index (κ1) is 35.0. The molecule has 0 unspecified atom stereocenters. The maximum atomic E-state index is 14.4. The second-order valence-corrected chi connectivity index (χ2v) is 12.2. The molecular formula is C33H43N3O8S. The Morgan fingerprint density at radius 2 is 1.47 bits per heavy atom. The van der Waals surface area contributed by atoms with Crippen molar-refractivity contribution < 1.29 is 37.0 Å². The molecule has 244 valence electrons. The summed E-state index contributed by atoms with van der Waals surface area (Å²) in [5.74, 6) is 0.197. The standard InChI is InChI=1S/C33H43N3O8S/c1-8-18-34-33(38)27(9-2)35(21-24-12-10-23(3)11-13-24)32(37)22-36(28-19-25(41-4)14-16-29(28)42-5)45(39,40)26-15-17-30(43-6)31(20-26)44-7/h10-17,19-20,27H,8-9,18,21-22H2,1-7H3,(H,34,38)/t27-/m1/s1. The van der Waals surface area contributed by atoms with Gasteiger partial charge >= 0.3 is 0 Å². The summed E-state index contributed by atoms with van der Waals surface area (Å²) in [7, 11) is 1.28. The van der Waals surface area contributed by atoms with E-state index in [-0.39, 0.29) is 34.5 Å². The lowest BCUT2D eigenvalue weighted by Crippen LogP contribution is -2.52. The fourth-order valence-electron chi connectivity index (χ4n) is 4.78. The molecule has 0 bridgehead atoms. The largest absolute Gasteiger partial charge is 0.497 e. The topological polar surface area (TPSA) is 124 Å². The smallest absolute Gasteiger partial charge is 0.265 e. The first-order valence-electron chi connectivity index (χ1n) is 14.6. The van der Waals surface area contributed by atoms with E-state index in [2.05, 4.69) is 5.32 Å². The molecule has 3 aromatic rings. The first-order chi connectivity index (χ1) is 21.5. The van der Waals surface area contributed by atoms with Gasteiger partial charge in [0.15, 0.2) is 11.5 Å². The molecule has 3 rings (SSSR count). The van der Waals surface area contributed by atoms with Crippen LogP contribution >= 0.6 is 0 Å². The highest BCUT2D eigenvalue weighted by Crippen LogP contribution is 2.38. The van der Waals surface area contributed by atoms with E-state index in [4.69, 9.17) is 18.9 Å². The Morgan fingerprint density at radius 3 is 2.04 bits per heavy atom. The molecule has 0 radical (unpaired) electrons. The molecule has 0 saturated carbocycles. The number of carbonyl (C=O) groups excluding carboxylic acids is 2. The molecular weight excluding hydrogens is 598 g/mol. The highest BCUT2D eigenvalue weighted by molar-refractivity contribution is 7.92. The summed E-state index contributed by atoms with van der Waals surface area (Å²) in [6, 6.07) is 15.6. The van der Waals surface area contributed by atoms with Crippen molar-refractivity contribution in [1.82, 2.24) is 10.2 Å². The highest BCUT2D eigenvalue weighted by atomic mass is 32.2. The van der Waals surface area contributed by atoms with Gasteiger partial charge in [0, 0.05) is 25.2 Å². The predicted molar refractivity (Wildman–Crippen MR) is 173 cm³/mol. The summed E-state index contributed by atoms with van der Waals surface area (Å²) in [5.41, 5.74) is 1.92. The Balaban J connectivity index is 2.18. The van der Waals surface area contributed by atoms with Crippen LogP contribution in [0, 0.1) is 6.92 Å². The zero-order valence-corrected chi connectivity index (χ0v) is 27.8. The number of nitrogens with one attached hydrogen (secondary N) is 1. The van der Waals surface area contributed by atoms with Crippen LogP contribution in [0.3, 0.4) is 0 Å². The van der Waals surface area contributed by atoms with Gasteiger partial charge < -0.3 is 29.2 Å². The van der Waals surface area contributed by atoms with E-state index in [1.165, 1.54) is 57.6 Å². The monoisotopic (exact) mass is 641 g/mol. The molecule has 0 saturated heterocycles. The molecule has 0 heterocycles. The van der Waals surface area contributed by atoms with Gasteiger partial charge in [0.2, 0.25) is 11.8 Å². The average molecular weight is 642 g/mol. The normalized spacial score (nSPS) is 11.7. The third-order valence-electron chi connectivity index (χ3n) is 7.29. The minimum absolute atomic E-state index is 0.0822. The van der Waals surface area contributed by atoms with E-state index in [0.717, 1.165) is 21.9 Å². The molecule has 3 aromatic carbocycles. The van der Waals surface area contributed by atoms with Gasteiger partial charge in [-0.25, -0.2) is 8.42 Å². The number of ether oxygens (including phenoxy) is 4. The molecule has 11 nitrogen and oxygen atoms in total.